The summed E-state index contributed by atoms with van der Waals surface area (Å²) in [6, 6.07) is 16.8. The van der Waals surface area contributed by atoms with E-state index in [1.807, 2.05) is 24.3 Å². The maximum atomic E-state index is 6.51. The van der Waals surface area contributed by atoms with Gasteiger partial charge in [-0.1, -0.05) is 0 Å². The minimum absolute atomic E-state index is 0. The van der Waals surface area contributed by atoms with Crippen LogP contribution in [0.25, 0.3) is 5.57 Å². The number of rotatable bonds is 3. The molecule has 0 heterocycles. The summed E-state index contributed by atoms with van der Waals surface area (Å²) in [6.45, 7) is 20.8. The maximum absolute atomic E-state index is 6.51. The van der Waals surface area contributed by atoms with Gasteiger partial charge in [0.05, 0.1) is 0 Å². The van der Waals surface area contributed by atoms with E-state index in [1.165, 1.54) is 27.9 Å². The van der Waals surface area contributed by atoms with Crippen molar-refractivity contribution in [3.8, 4) is 0 Å². The standard InChI is InChI=1S/C47H47Cl2.2ClH.Zr/c1-31-39(32-15-9-10-16-32)38(40(33-17-21-36(48)22-18-33)34-19-23-37(49)24-20-34)29-35-30-45(6)43(4)27-12-11-25-41(43,2)42(3)26-13-14-28-44(42,5)47(45,8)46(31,35)7;;;/h9-15,17-30H,16H2,1-8H3;2*1H;/q;;;+2/p-2. The molecule has 2 saturated carbocycles. The van der Waals surface area contributed by atoms with Crippen molar-refractivity contribution in [1.29, 1.82) is 0 Å². The summed E-state index contributed by atoms with van der Waals surface area (Å²) in [5, 5.41) is 1.49. The third-order valence-electron chi connectivity index (χ3n) is 16.1. The van der Waals surface area contributed by atoms with Gasteiger partial charge in [0.1, 0.15) is 0 Å². The molecule has 0 aliphatic heterocycles. The molecule has 0 nitrogen and oxygen atoms in total. The van der Waals surface area contributed by atoms with Crippen LogP contribution in [0, 0.1) is 37.9 Å². The Balaban J connectivity index is 0.00000232. The molecule has 8 atom stereocenters. The summed E-state index contributed by atoms with van der Waals surface area (Å²) in [6.07, 6.45) is 30.2. The zero-order valence-electron chi connectivity index (χ0n) is 31.3. The molecule has 2 fully saturated rings. The first-order valence-corrected chi connectivity index (χ1v) is 20.3. The smallest absolute Gasteiger partial charge is 1.00 e. The van der Waals surface area contributed by atoms with Crippen LogP contribution >= 0.6 is 23.2 Å². The molecule has 2 aromatic carbocycles. The van der Waals surface area contributed by atoms with Gasteiger partial charge >= 0.3 is 327 Å². The molecular formula is C47H47Cl4Zr. The second kappa shape index (κ2) is 12.9. The molecule has 0 spiro atoms. The molecule has 6 aliphatic carbocycles. The topological polar surface area (TPSA) is 0 Å². The summed E-state index contributed by atoms with van der Waals surface area (Å²) in [5.74, 6) is 0. The van der Waals surface area contributed by atoms with Gasteiger partial charge in [-0.3, -0.25) is 0 Å². The first-order valence-electron chi connectivity index (χ1n) is 18.1. The van der Waals surface area contributed by atoms with Crippen molar-refractivity contribution in [1.82, 2.24) is 0 Å². The number of hydrogen-bond donors (Lipinski definition) is 0. The Morgan fingerprint density at radius 3 is 1.60 bits per heavy atom. The van der Waals surface area contributed by atoms with Crippen LogP contribution in [0.5, 0.6) is 0 Å². The van der Waals surface area contributed by atoms with E-state index >= 15 is 0 Å². The third kappa shape index (κ3) is 4.39. The van der Waals surface area contributed by atoms with Crippen LogP contribution in [0.1, 0.15) is 72.9 Å². The zero-order chi connectivity index (χ0) is 35.7. The van der Waals surface area contributed by atoms with Gasteiger partial charge in [-0.25, -0.2) is 0 Å². The van der Waals surface area contributed by atoms with E-state index in [1.54, 1.807) is 30.3 Å². The third-order valence-corrected chi connectivity index (χ3v) is 18.8. The average Bonchev–Trinajstić information content (AvgIpc) is 3.67. The van der Waals surface area contributed by atoms with Crippen molar-refractivity contribution in [2.24, 2.45) is 37.9 Å². The molecule has 0 N–H and O–H groups in total. The van der Waals surface area contributed by atoms with Gasteiger partial charge in [0, 0.05) is 0 Å². The normalized spacial score (nSPS) is 39.2. The predicted octanol–water partition coefficient (Wildman–Crippen LogP) is 7.60. The fourth-order valence-corrected chi connectivity index (χ4v) is 15.1. The Kier molecular flexibility index (Phi) is 9.84. The van der Waals surface area contributed by atoms with Crippen molar-refractivity contribution in [2.75, 3.05) is 0 Å². The molecule has 0 amide bonds. The minimum atomic E-state index is -0.214. The molecular weight excluding hydrogens is 798 g/mol. The number of hydrogen-bond acceptors (Lipinski definition) is 0. The fraction of sp³-hybridized carbons (Fsp3) is 0.362. The van der Waals surface area contributed by atoms with Crippen LogP contribution in [0.3, 0.4) is 0 Å². The summed E-state index contributed by atoms with van der Waals surface area (Å²) < 4.78 is 0.379. The summed E-state index contributed by atoms with van der Waals surface area (Å²) in [5.41, 5.74) is 9.80. The fourth-order valence-electron chi connectivity index (χ4n) is 12.5. The molecule has 0 bridgehead atoms. The Hall–Kier alpha value is -1.86. The van der Waals surface area contributed by atoms with Gasteiger partial charge in [-0.15, -0.1) is 0 Å². The molecule has 6 aliphatic rings. The van der Waals surface area contributed by atoms with Crippen molar-refractivity contribution in [3.05, 3.63) is 170 Å². The van der Waals surface area contributed by atoms with Crippen LogP contribution in [0.15, 0.2) is 149 Å². The summed E-state index contributed by atoms with van der Waals surface area (Å²) >= 11 is 14.6. The molecule has 267 valence electrons. The van der Waals surface area contributed by atoms with Gasteiger partial charge in [0.15, 0.2) is 0 Å². The van der Waals surface area contributed by atoms with Crippen LogP contribution < -0.4 is 24.8 Å². The summed E-state index contributed by atoms with van der Waals surface area (Å²) in [4.78, 5) is 0. The second-order valence-electron chi connectivity index (χ2n) is 16.9. The van der Waals surface area contributed by atoms with E-state index in [0.29, 0.717) is 3.63 Å². The van der Waals surface area contributed by atoms with E-state index < -0.39 is 0 Å². The van der Waals surface area contributed by atoms with E-state index in [-0.39, 0.29) is 62.7 Å². The predicted molar refractivity (Wildman–Crippen MR) is 209 cm³/mol. The molecule has 5 heteroatoms. The Labute approximate surface area is 349 Å². The van der Waals surface area contributed by atoms with E-state index in [0.717, 1.165) is 27.6 Å². The first kappa shape index (κ1) is 39.8. The number of benzene rings is 2. The van der Waals surface area contributed by atoms with Crippen molar-refractivity contribution in [3.63, 3.8) is 0 Å². The molecule has 2 aromatic rings. The molecule has 0 radical (unpaired) electrons. The average molecular weight is 845 g/mol. The van der Waals surface area contributed by atoms with Crippen LogP contribution in [0.4, 0.5) is 0 Å². The zero-order valence-corrected chi connectivity index (χ0v) is 36.8. The Bertz CT molecular complexity index is 2080. The van der Waals surface area contributed by atoms with Crippen LogP contribution in [0.2, 0.25) is 13.7 Å². The monoisotopic (exact) mass is 841 g/mol. The quantitative estimate of drug-likeness (QED) is 0.299. The number of fused-ring (bicyclic) bond motifs is 8. The molecule has 0 saturated heterocycles. The van der Waals surface area contributed by atoms with Crippen molar-refractivity contribution >= 4 is 28.8 Å². The minimum Gasteiger partial charge on any atom is -1.00 e. The summed E-state index contributed by atoms with van der Waals surface area (Å²) in [7, 11) is 0. The van der Waals surface area contributed by atoms with Crippen LogP contribution in [-0.4, -0.2) is 0 Å². The van der Waals surface area contributed by atoms with Gasteiger partial charge in [-0.2, -0.15) is 0 Å². The van der Waals surface area contributed by atoms with E-state index in [2.05, 4.69) is 153 Å². The largest absolute Gasteiger partial charge is 1.00 e. The van der Waals surface area contributed by atoms with Gasteiger partial charge < -0.3 is 24.8 Å². The van der Waals surface area contributed by atoms with Crippen molar-refractivity contribution in [2.45, 2.75) is 65.4 Å². The van der Waals surface area contributed by atoms with E-state index in [9.17, 15) is 0 Å². The second-order valence-corrected chi connectivity index (χ2v) is 19.1. The Morgan fingerprint density at radius 2 is 1.12 bits per heavy atom. The van der Waals surface area contributed by atoms with Gasteiger partial charge in [0.25, 0.3) is 0 Å². The SMILES string of the molecule is CC1=C(C2=CC=CC2)C(=C(c2ccc(Cl)cc2)c2ccc(Cl)cc2)C=C2[CH]([Zr+2])C3(C)C4(C)C=CC=CC4(C)C4(C)C=CC=CC4(C)C3(C)C21C.[Cl-].[Cl-]. The molecule has 8 rings (SSSR count). The van der Waals surface area contributed by atoms with E-state index in [4.69, 9.17) is 23.2 Å². The first-order chi connectivity index (χ1) is 23.6. The molecule has 52 heavy (non-hydrogen) atoms. The number of allylic oxidation sites excluding steroid dienone is 17. The Morgan fingerprint density at radius 1 is 0.654 bits per heavy atom. The number of halogens is 4. The molecule has 8 unspecified atom stereocenters. The van der Waals surface area contributed by atoms with Crippen LogP contribution in [-0.2, 0) is 24.7 Å². The van der Waals surface area contributed by atoms with Gasteiger partial charge in [-0.05, 0) is 0 Å². The van der Waals surface area contributed by atoms with Crippen molar-refractivity contribution < 1.29 is 49.5 Å². The maximum Gasteiger partial charge on any atom is -1.00 e. The van der Waals surface area contributed by atoms with Gasteiger partial charge in [0.2, 0.25) is 0 Å². The molecule has 0 aromatic heterocycles.